The first-order chi connectivity index (χ1) is 10.2. The zero-order valence-electron chi connectivity index (χ0n) is 11.3. The van der Waals surface area contributed by atoms with Crippen molar-refractivity contribution in [2.45, 2.75) is 13.1 Å². The summed E-state index contributed by atoms with van der Waals surface area (Å²) in [6, 6.07) is 4.39. The first-order valence-corrected chi connectivity index (χ1v) is 5.94. The van der Waals surface area contributed by atoms with Crippen LogP contribution >= 0.6 is 0 Å². The van der Waals surface area contributed by atoms with Gasteiger partial charge in [0.05, 0.1) is 16.9 Å². The Labute approximate surface area is 122 Å². The van der Waals surface area contributed by atoms with Gasteiger partial charge in [-0.2, -0.15) is 28.1 Å². The summed E-state index contributed by atoms with van der Waals surface area (Å²) in [6.07, 6.45) is -4.49. The van der Waals surface area contributed by atoms with Crippen LogP contribution in [0.15, 0.2) is 29.3 Å². The van der Waals surface area contributed by atoms with Crippen molar-refractivity contribution in [3.63, 3.8) is 0 Å². The van der Waals surface area contributed by atoms with Gasteiger partial charge in [0, 0.05) is 0 Å². The van der Waals surface area contributed by atoms with Crippen molar-refractivity contribution < 1.29 is 18.0 Å². The molecule has 0 aliphatic heterocycles. The van der Waals surface area contributed by atoms with Crippen molar-refractivity contribution in [2.75, 3.05) is 0 Å². The normalized spacial score (nSPS) is 11.3. The fourth-order valence-electron chi connectivity index (χ4n) is 1.67. The van der Waals surface area contributed by atoms with Crippen LogP contribution in [0.3, 0.4) is 0 Å². The van der Waals surface area contributed by atoms with Crippen molar-refractivity contribution in [3.8, 4) is 5.69 Å². The number of guanidine groups is 1. The molecule has 0 aliphatic rings. The third kappa shape index (κ3) is 3.22. The lowest BCUT2D eigenvalue weighted by Gasteiger charge is -2.07. The van der Waals surface area contributed by atoms with Crippen LogP contribution in [-0.4, -0.2) is 26.9 Å². The van der Waals surface area contributed by atoms with E-state index in [0.717, 1.165) is 16.9 Å². The van der Waals surface area contributed by atoms with Gasteiger partial charge in [0.1, 0.15) is 0 Å². The maximum absolute atomic E-state index is 12.7. The third-order valence-electron chi connectivity index (χ3n) is 2.62. The van der Waals surface area contributed by atoms with Crippen LogP contribution in [-0.2, 0) is 6.18 Å². The van der Waals surface area contributed by atoms with E-state index in [4.69, 9.17) is 11.5 Å². The Kier molecular flexibility index (Phi) is 3.85. The number of halogens is 3. The standard InChI is InChI=1S/C12H11F3N6O/c1-6-9(10(22)18-11(16)17)20-21(19-6)8-4-2-3-7(5-8)12(13,14)15/h2-5H,1H3,(H4,16,17,18,22). The number of carbonyl (C=O) groups is 1. The Morgan fingerprint density at radius 3 is 2.55 bits per heavy atom. The molecule has 0 radical (unpaired) electrons. The van der Waals surface area contributed by atoms with E-state index in [2.05, 4.69) is 15.2 Å². The van der Waals surface area contributed by atoms with E-state index in [-0.39, 0.29) is 17.1 Å². The van der Waals surface area contributed by atoms with E-state index >= 15 is 0 Å². The molecule has 0 spiro atoms. The number of aromatic nitrogens is 3. The number of nitrogens with zero attached hydrogens (tertiary/aromatic N) is 4. The highest BCUT2D eigenvalue weighted by molar-refractivity contribution is 6.01. The summed E-state index contributed by atoms with van der Waals surface area (Å²) in [6.45, 7) is 1.46. The molecule has 4 N–H and O–H groups in total. The second kappa shape index (κ2) is 5.47. The molecule has 1 aromatic carbocycles. The number of carbonyl (C=O) groups excluding carboxylic acids is 1. The number of aryl methyl sites for hydroxylation is 1. The van der Waals surface area contributed by atoms with Gasteiger partial charge in [-0.3, -0.25) is 4.79 Å². The van der Waals surface area contributed by atoms with Gasteiger partial charge in [0.2, 0.25) is 0 Å². The number of amides is 1. The molecule has 7 nitrogen and oxygen atoms in total. The Hall–Kier alpha value is -2.91. The molecule has 2 rings (SSSR count). The van der Waals surface area contributed by atoms with Gasteiger partial charge in [-0.05, 0) is 25.1 Å². The van der Waals surface area contributed by atoms with Crippen molar-refractivity contribution in [1.82, 2.24) is 15.0 Å². The van der Waals surface area contributed by atoms with Gasteiger partial charge in [-0.1, -0.05) is 6.07 Å². The largest absolute Gasteiger partial charge is 0.416 e. The average Bonchev–Trinajstić information content (AvgIpc) is 2.79. The van der Waals surface area contributed by atoms with E-state index in [1.165, 1.54) is 19.1 Å². The molecule has 10 heteroatoms. The number of nitrogens with two attached hydrogens (primary N) is 2. The Morgan fingerprint density at radius 2 is 1.95 bits per heavy atom. The second-order valence-corrected chi connectivity index (χ2v) is 4.31. The molecule has 1 amide bonds. The molecule has 0 bridgehead atoms. The van der Waals surface area contributed by atoms with E-state index in [1.807, 2.05) is 0 Å². The molecular formula is C12H11F3N6O. The summed E-state index contributed by atoms with van der Waals surface area (Å²) in [5.41, 5.74) is 9.43. The lowest BCUT2D eigenvalue weighted by Crippen LogP contribution is -2.24. The van der Waals surface area contributed by atoms with Crippen molar-refractivity contribution in [2.24, 2.45) is 16.5 Å². The molecule has 22 heavy (non-hydrogen) atoms. The third-order valence-corrected chi connectivity index (χ3v) is 2.62. The fourth-order valence-corrected chi connectivity index (χ4v) is 1.67. The summed E-state index contributed by atoms with van der Waals surface area (Å²) >= 11 is 0. The summed E-state index contributed by atoms with van der Waals surface area (Å²) in [4.78, 5) is 15.9. The molecule has 2 aromatic rings. The predicted molar refractivity (Wildman–Crippen MR) is 71.2 cm³/mol. The number of alkyl halides is 3. The highest BCUT2D eigenvalue weighted by Gasteiger charge is 2.30. The topological polar surface area (TPSA) is 112 Å². The number of hydrogen-bond acceptors (Lipinski definition) is 3. The molecular weight excluding hydrogens is 301 g/mol. The SMILES string of the molecule is Cc1nn(-c2cccc(C(F)(F)F)c2)nc1C(=O)N=C(N)N. The van der Waals surface area contributed by atoms with E-state index in [1.54, 1.807) is 0 Å². The van der Waals surface area contributed by atoms with Gasteiger partial charge >= 0.3 is 12.1 Å². The van der Waals surface area contributed by atoms with Gasteiger partial charge in [0.15, 0.2) is 11.7 Å². The van der Waals surface area contributed by atoms with Crippen LogP contribution in [0.25, 0.3) is 5.69 Å². The van der Waals surface area contributed by atoms with Crippen LogP contribution in [0.5, 0.6) is 0 Å². The number of benzene rings is 1. The quantitative estimate of drug-likeness (QED) is 0.635. The maximum atomic E-state index is 12.7. The molecule has 116 valence electrons. The minimum absolute atomic E-state index is 0.0571. The summed E-state index contributed by atoms with van der Waals surface area (Å²) in [5.74, 6) is -1.27. The number of hydrogen-bond donors (Lipinski definition) is 2. The van der Waals surface area contributed by atoms with Crippen molar-refractivity contribution in [1.29, 1.82) is 0 Å². The smallest absolute Gasteiger partial charge is 0.370 e. The first-order valence-electron chi connectivity index (χ1n) is 5.94. The van der Waals surface area contributed by atoms with E-state index < -0.39 is 23.6 Å². The monoisotopic (exact) mass is 312 g/mol. The van der Waals surface area contributed by atoms with Crippen LogP contribution < -0.4 is 11.5 Å². The summed E-state index contributed by atoms with van der Waals surface area (Å²) in [7, 11) is 0. The predicted octanol–water partition coefficient (Wildman–Crippen LogP) is 1.01. The minimum atomic E-state index is -4.49. The van der Waals surface area contributed by atoms with Gasteiger partial charge < -0.3 is 11.5 Å². The zero-order valence-corrected chi connectivity index (χ0v) is 11.3. The van der Waals surface area contributed by atoms with Gasteiger partial charge in [-0.15, -0.1) is 5.10 Å². The zero-order chi connectivity index (χ0) is 16.5. The van der Waals surface area contributed by atoms with Gasteiger partial charge in [0.25, 0.3) is 0 Å². The molecule has 1 aromatic heterocycles. The van der Waals surface area contributed by atoms with E-state index in [0.29, 0.717) is 0 Å². The molecule has 1 heterocycles. The summed E-state index contributed by atoms with van der Waals surface area (Å²) < 4.78 is 38.1. The van der Waals surface area contributed by atoms with Crippen LogP contribution in [0, 0.1) is 6.92 Å². The fraction of sp³-hybridized carbons (Fsp3) is 0.167. The first kappa shape index (κ1) is 15.5. The van der Waals surface area contributed by atoms with Crippen molar-refractivity contribution >= 4 is 11.9 Å². The average molecular weight is 312 g/mol. The molecule has 0 saturated carbocycles. The Balaban J connectivity index is 2.43. The van der Waals surface area contributed by atoms with Crippen LogP contribution in [0.2, 0.25) is 0 Å². The molecule has 0 atom stereocenters. The summed E-state index contributed by atoms with van der Waals surface area (Å²) in [5, 5.41) is 7.73. The number of aliphatic imine (C=N–C) groups is 1. The molecule has 0 saturated heterocycles. The van der Waals surface area contributed by atoms with Crippen molar-refractivity contribution in [3.05, 3.63) is 41.2 Å². The molecule has 0 aliphatic carbocycles. The van der Waals surface area contributed by atoms with E-state index in [9.17, 15) is 18.0 Å². The minimum Gasteiger partial charge on any atom is -0.370 e. The highest BCUT2D eigenvalue weighted by atomic mass is 19.4. The molecule has 0 unspecified atom stereocenters. The Bertz CT molecular complexity index is 746. The Morgan fingerprint density at radius 1 is 1.27 bits per heavy atom. The van der Waals surface area contributed by atoms with Gasteiger partial charge in [-0.25, -0.2) is 0 Å². The second-order valence-electron chi connectivity index (χ2n) is 4.31. The van der Waals surface area contributed by atoms with Crippen LogP contribution in [0.1, 0.15) is 21.7 Å². The van der Waals surface area contributed by atoms with Crippen LogP contribution in [0.4, 0.5) is 13.2 Å². The molecule has 0 fully saturated rings. The lowest BCUT2D eigenvalue weighted by atomic mass is 10.2. The highest BCUT2D eigenvalue weighted by Crippen LogP contribution is 2.30. The lowest BCUT2D eigenvalue weighted by molar-refractivity contribution is -0.137. The number of rotatable bonds is 2. The maximum Gasteiger partial charge on any atom is 0.416 e.